The molecule has 1 saturated heterocycles. The summed E-state index contributed by atoms with van der Waals surface area (Å²) < 4.78 is 2.05. The van der Waals surface area contributed by atoms with Crippen molar-refractivity contribution in [1.29, 1.82) is 0 Å². The molecule has 0 amide bonds. The van der Waals surface area contributed by atoms with Crippen LogP contribution in [0.4, 0.5) is 0 Å². The summed E-state index contributed by atoms with van der Waals surface area (Å²) in [4.78, 5) is 21.9. The highest BCUT2D eigenvalue weighted by molar-refractivity contribution is 5.82. The molecule has 2 aliphatic carbocycles. The lowest BCUT2D eigenvalue weighted by molar-refractivity contribution is 0.0610. The van der Waals surface area contributed by atoms with E-state index in [9.17, 15) is 4.79 Å². The molecule has 192 valence electrons. The van der Waals surface area contributed by atoms with Gasteiger partial charge in [0.15, 0.2) is 5.82 Å². The fourth-order valence-electron chi connectivity index (χ4n) is 6.88. The minimum absolute atomic E-state index is 0.0327. The van der Waals surface area contributed by atoms with Crippen LogP contribution in [0.5, 0.6) is 0 Å². The van der Waals surface area contributed by atoms with Crippen LogP contribution in [0.3, 0.4) is 0 Å². The topological polar surface area (TPSA) is 82.9 Å². The molecule has 0 spiro atoms. The molecule has 1 N–H and O–H groups in total. The number of piperazine rings is 1. The highest BCUT2D eigenvalue weighted by Crippen LogP contribution is 2.34. The summed E-state index contributed by atoms with van der Waals surface area (Å²) in [5.74, 6) is 0.825. The van der Waals surface area contributed by atoms with E-state index in [1.54, 1.807) is 0 Å². The number of aromatic nitrogens is 5. The Kier molecular flexibility index (Phi) is 6.89. The van der Waals surface area contributed by atoms with Gasteiger partial charge in [-0.05, 0) is 60.0 Å². The lowest BCUT2D eigenvalue weighted by Gasteiger charge is -2.43. The largest absolute Gasteiger partial charge is 0.321 e. The molecule has 0 radical (unpaired) electrons. The molecule has 2 saturated carbocycles. The number of nitrogens with zero attached hydrogens (tertiary/aromatic N) is 6. The smallest absolute Gasteiger partial charge is 0.253 e. The Balaban J connectivity index is 1.37. The first-order valence-electron chi connectivity index (χ1n) is 14.1. The third-order valence-electron chi connectivity index (χ3n) is 8.90. The van der Waals surface area contributed by atoms with E-state index in [1.807, 2.05) is 13.0 Å². The average molecular weight is 490 g/mol. The van der Waals surface area contributed by atoms with Gasteiger partial charge in [0.05, 0.1) is 11.6 Å². The fourth-order valence-corrected chi connectivity index (χ4v) is 6.88. The van der Waals surface area contributed by atoms with Crippen LogP contribution in [0.1, 0.15) is 93.2 Å². The van der Waals surface area contributed by atoms with Crippen LogP contribution in [-0.2, 0) is 0 Å². The SMILES string of the molecule is Cc1cccc2cc([C@@H](c3nnnn3C3CCCCC3)N3CCN(C4CCCCC4)CC3)c(=O)[nH]c12. The first-order valence-corrected chi connectivity index (χ1v) is 14.1. The van der Waals surface area contributed by atoms with Gasteiger partial charge in [0, 0.05) is 37.8 Å². The third kappa shape index (κ3) is 4.61. The number of hydrogen-bond acceptors (Lipinski definition) is 6. The summed E-state index contributed by atoms with van der Waals surface area (Å²) in [7, 11) is 0. The molecule has 3 heterocycles. The monoisotopic (exact) mass is 489 g/mol. The van der Waals surface area contributed by atoms with Gasteiger partial charge in [-0.15, -0.1) is 5.10 Å². The number of H-pyrrole nitrogens is 1. The number of nitrogens with one attached hydrogen (secondary N) is 1. The minimum atomic E-state index is -0.246. The average Bonchev–Trinajstić information content (AvgIpc) is 3.41. The number of tetrazole rings is 1. The molecule has 0 unspecified atom stereocenters. The van der Waals surface area contributed by atoms with Crippen molar-refractivity contribution in [3.63, 3.8) is 0 Å². The van der Waals surface area contributed by atoms with Gasteiger partial charge in [-0.25, -0.2) is 4.68 Å². The zero-order valence-electron chi connectivity index (χ0n) is 21.5. The molecule has 36 heavy (non-hydrogen) atoms. The molecule has 1 atom stereocenters. The van der Waals surface area contributed by atoms with Crippen molar-refractivity contribution in [2.45, 2.75) is 89.3 Å². The van der Waals surface area contributed by atoms with Crippen molar-refractivity contribution in [2.24, 2.45) is 0 Å². The second kappa shape index (κ2) is 10.4. The van der Waals surface area contributed by atoms with E-state index in [0.717, 1.165) is 72.9 Å². The lowest BCUT2D eigenvalue weighted by atomic mass is 9.93. The van der Waals surface area contributed by atoms with E-state index in [0.29, 0.717) is 6.04 Å². The molecule has 1 aliphatic heterocycles. The van der Waals surface area contributed by atoms with Crippen molar-refractivity contribution < 1.29 is 0 Å². The molecule has 1 aromatic carbocycles. The third-order valence-corrected chi connectivity index (χ3v) is 8.90. The standard InChI is InChI=1S/C28H39N7O/c1-20-9-8-10-21-19-24(28(36)29-25(20)21)26(27-30-31-32-35(27)23-13-6-3-7-14-23)34-17-15-33(16-18-34)22-11-4-2-5-12-22/h8-10,19,22-23,26H,2-7,11-18H2,1H3,(H,29,36)/t26-/m0/s1. The zero-order valence-corrected chi connectivity index (χ0v) is 21.5. The van der Waals surface area contributed by atoms with E-state index in [-0.39, 0.29) is 11.6 Å². The molecular weight excluding hydrogens is 450 g/mol. The Bertz CT molecular complexity index is 1230. The molecule has 3 aromatic rings. The van der Waals surface area contributed by atoms with Gasteiger partial charge in [0.2, 0.25) is 0 Å². The Morgan fingerprint density at radius 1 is 0.917 bits per heavy atom. The van der Waals surface area contributed by atoms with Gasteiger partial charge in [-0.2, -0.15) is 0 Å². The minimum Gasteiger partial charge on any atom is -0.321 e. The van der Waals surface area contributed by atoms with Crippen LogP contribution >= 0.6 is 0 Å². The van der Waals surface area contributed by atoms with Gasteiger partial charge in [-0.3, -0.25) is 14.6 Å². The summed E-state index contributed by atoms with van der Waals surface area (Å²) in [5.41, 5.74) is 2.72. The van der Waals surface area contributed by atoms with Gasteiger partial charge in [0.25, 0.3) is 5.56 Å². The molecule has 2 aromatic heterocycles. The Morgan fingerprint density at radius 2 is 1.61 bits per heavy atom. The second-order valence-corrected chi connectivity index (χ2v) is 11.1. The van der Waals surface area contributed by atoms with E-state index in [4.69, 9.17) is 0 Å². The van der Waals surface area contributed by atoms with Crippen molar-refractivity contribution >= 4 is 10.9 Å². The van der Waals surface area contributed by atoms with Gasteiger partial charge < -0.3 is 4.98 Å². The van der Waals surface area contributed by atoms with Crippen LogP contribution in [0.15, 0.2) is 29.1 Å². The van der Waals surface area contributed by atoms with E-state index >= 15 is 0 Å². The van der Waals surface area contributed by atoms with Crippen molar-refractivity contribution in [3.8, 4) is 0 Å². The summed E-state index contributed by atoms with van der Waals surface area (Å²) in [6, 6.07) is 9.07. The number of aromatic amines is 1. The summed E-state index contributed by atoms with van der Waals surface area (Å²) in [6.45, 7) is 5.96. The first kappa shape index (κ1) is 23.8. The molecular formula is C28H39N7O. The summed E-state index contributed by atoms with van der Waals surface area (Å²) in [6.07, 6.45) is 12.7. The predicted octanol–water partition coefficient (Wildman–Crippen LogP) is 4.37. The van der Waals surface area contributed by atoms with Gasteiger partial charge in [-0.1, -0.05) is 56.7 Å². The summed E-state index contributed by atoms with van der Waals surface area (Å²) in [5, 5.41) is 14.3. The number of benzene rings is 1. The number of hydrogen-bond donors (Lipinski definition) is 1. The highest BCUT2D eigenvalue weighted by atomic mass is 16.1. The maximum absolute atomic E-state index is 13.6. The van der Waals surface area contributed by atoms with Crippen molar-refractivity contribution in [3.05, 3.63) is 51.6 Å². The van der Waals surface area contributed by atoms with Crippen LogP contribution in [-0.4, -0.2) is 67.2 Å². The van der Waals surface area contributed by atoms with Crippen molar-refractivity contribution in [1.82, 2.24) is 35.0 Å². The molecule has 3 aliphatic rings. The zero-order chi connectivity index (χ0) is 24.5. The Labute approximate surface area is 213 Å². The molecule has 8 nitrogen and oxygen atoms in total. The first-order chi connectivity index (χ1) is 17.7. The van der Waals surface area contributed by atoms with Crippen molar-refractivity contribution in [2.75, 3.05) is 26.2 Å². The summed E-state index contributed by atoms with van der Waals surface area (Å²) >= 11 is 0. The van der Waals surface area contributed by atoms with Gasteiger partial charge >= 0.3 is 0 Å². The van der Waals surface area contributed by atoms with Crippen LogP contribution in [0, 0.1) is 6.92 Å². The molecule has 0 bridgehead atoms. The van der Waals surface area contributed by atoms with Crippen LogP contribution in [0.25, 0.3) is 10.9 Å². The normalized spacial score (nSPS) is 22.2. The van der Waals surface area contributed by atoms with Crippen LogP contribution < -0.4 is 5.56 Å². The number of rotatable bonds is 5. The van der Waals surface area contributed by atoms with E-state index in [2.05, 4.69) is 53.2 Å². The number of pyridine rings is 1. The Morgan fingerprint density at radius 3 is 2.33 bits per heavy atom. The molecule has 8 heteroatoms. The maximum Gasteiger partial charge on any atom is 0.253 e. The predicted molar refractivity (Wildman–Crippen MR) is 141 cm³/mol. The lowest BCUT2D eigenvalue weighted by Crippen LogP contribution is -2.52. The number of para-hydroxylation sites is 1. The second-order valence-electron chi connectivity index (χ2n) is 11.1. The fraction of sp³-hybridized carbons (Fsp3) is 0.643. The highest BCUT2D eigenvalue weighted by Gasteiger charge is 2.35. The van der Waals surface area contributed by atoms with E-state index < -0.39 is 0 Å². The van der Waals surface area contributed by atoms with E-state index in [1.165, 1.54) is 51.4 Å². The Hall–Kier alpha value is -2.58. The van der Waals surface area contributed by atoms with Crippen LogP contribution in [0.2, 0.25) is 0 Å². The van der Waals surface area contributed by atoms with Gasteiger partial charge in [0.1, 0.15) is 6.04 Å². The number of aryl methyl sites for hydroxylation is 1. The number of fused-ring (bicyclic) bond motifs is 1. The maximum atomic E-state index is 13.6. The molecule has 6 rings (SSSR count). The quantitative estimate of drug-likeness (QED) is 0.573. The molecule has 3 fully saturated rings.